The van der Waals surface area contributed by atoms with Crippen molar-refractivity contribution in [2.45, 2.75) is 0 Å². The zero-order valence-corrected chi connectivity index (χ0v) is 13.0. The van der Waals surface area contributed by atoms with Crippen LogP contribution in [0, 0.1) is 20.7 Å². The number of halogens is 2. The summed E-state index contributed by atoms with van der Waals surface area (Å²) < 4.78 is 13.7. The van der Waals surface area contributed by atoms with Gasteiger partial charge in [0.1, 0.15) is 17.5 Å². The van der Waals surface area contributed by atoms with Gasteiger partial charge in [-0.1, -0.05) is 24.3 Å². The number of carbonyl (C=O) groups excluding carboxylic acids is 1. The number of hydrogen-bond acceptors (Lipinski definition) is 2. The van der Waals surface area contributed by atoms with E-state index in [1.165, 1.54) is 30.3 Å². The Hall–Kier alpha value is -2.20. The van der Waals surface area contributed by atoms with E-state index >= 15 is 0 Å². The molecular weight excluding hydrogens is 382 g/mol. The maximum atomic E-state index is 12.8. The first kappa shape index (κ1) is 15.2. The highest BCUT2D eigenvalue weighted by Gasteiger charge is 2.10. The molecule has 0 bridgehead atoms. The van der Waals surface area contributed by atoms with Crippen LogP contribution in [0.2, 0.25) is 0 Å². The number of nitrogens with one attached hydrogen (secondary N) is 1. The molecule has 3 nitrogen and oxygen atoms in total. The van der Waals surface area contributed by atoms with E-state index in [-0.39, 0.29) is 11.4 Å². The van der Waals surface area contributed by atoms with Crippen LogP contribution in [0.5, 0.6) is 0 Å². The highest BCUT2D eigenvalue weighted by Crippen LogP contribution is 2.18. The van der Waals surface area contributed by atoms with E-state index in [1.807, 2.05) is 18.2 Å². The number of benzene rings is 2. The summed E-state index contributed by atoms with van der Waals surface area (Å²) >= 11 is 2.10. The third-order valence-electron chi connectivity index (χ3n) is 2.67. The first-order chi connectivity index (χ1) is 10.1. The van der Waals surface area contributed by atoms with Crippen molar-refractivity contribution in [2.24, 2.45) is 0 Å². The van der Waals surface area contributed by atoms with Gasteiger partial charge >= 0.3 is 0 Å². The molecule has 2 aromatic carbocycles. The molecule has 0 aromatic heterocycles. The minimum Gasteiger partial charge on any atom is -0.320 e. The molecular formula is C16H10FIN2O. The van der Waals surface area contributed by atoms with Crippen molar-refractivity contribution in [2.75, 3.05) is 5.32 Å². The van der Waals surface area contributed by atoms with Crippen LogP contribution in [0.1, 0.15) is 5.56 Å². The second kappa shape index (κ2) is 6.99. The largest absolute Gasteiger partial charge is 0.320 e. The molecule has 1 N–H and O–H groups in total. The molecule has 104 valence electrons. The van der Waals surface area contributed by atoms with Gasteiger partial charge in [0.2, 0.25) is 0 Å². The van der Waals surface area contributed by atoms with Gasteiger partial charge in [-0.25, -0.2) is 4.39 Å². The number of carbonyl (C=O) groups is 1. The van der Waals surface area contributed by atoms with E-state index in [2.05, 4.69) is 27.9 Å². The van der Waals surface area contributed by atoms with E-state index in [4.69, 9.17) is 5.26 Å². The summed E-state index contributed by atoms with van der Waals surface area (Å²) in [7, 11) is 0. The molecule has 2 aromatic rings. The van der Waals surface area contributed by atoms with Crippen LogP contribution in [0.15, 0.2) is 54.1 Å². The van der Waals surface area contributed by atoms with Crippen molar-refractivity contribution >= 4 is 40.3 Å². The molecule has 21 heavy (non-hydrogen) atoms. The Kier molecular flexibility index (Phi) is 5.06. The summed E-state index contributed by atoms with van der Waals surface area (Å²) in [5, 5.41) is 11.8. The molecule has 0 atom stereocenters. The van der Waals surface area contributed by atoms with Gasteiger partial charge in [-0.05, 0) is 58.5 Å². The van der Waals surface area contributed by atoms with Gasteiger partial charge in [0.15, 0.2) is 0 Å². The summed E-state index contributed by atoms with van der Waals surface area (Å²) in [5.41, 5.74) is 1.19. The molecule has 1 amide bonds. The topological polar surface area (TPSA) is 52.9 Å². The normalized spacial score (nSPS) is 10.8. The summed E-state index contributed by atoms with van der Waals surface area (Å²) in [6, 6.07) is 14.7. The third-order valence-corrected chi connectivity index (χ3v) is 3.61. The van der Waals surface area contributed by atoms with Gasteiger partial charge in [-0.2, -0.15) is 5.26 Å². The maximum Gasteiger partial charge on any atom is 0.266 e. The van der Waals surface area contributed by atoms with E-state index in [0.29, 0.717) is 11.3 Å². The number of nitrogens with zero attached hydrogens (tertiary/aromatic N) is 1. The molecule has 0 saturated heterocycles. The Balaban J connectivity index is 2.21. The summed E-state index contributed by atoms with van der Waals surface area (Å²) in [6.45, 7) is 0. The zero-order chi connectivity index (χ0) is 15.2. The van der Waals surface area contributed by atoms with E-state index in [9.17, 15) is 9.18 Å². The zero-order valence-electron chi connectivity index (χ0n) is 10.8. The number of rotatable bonds is 3. The Morgan fingerprint density at radius 1 is 1.19 bits per heavy atom. The quantitative estimate of drug-likeness (QED) is 0.488. The average Bonchev–Trinajstić information content (AvgIpc) is 2.49. The molecule has 0 aliphatic carbocycles. The Morgan fingerprint density at radius 3 is 2.48 bits per heavy atom. The van der Waals surface area contributed by atoms with Crippen molar-refractivity contribution < 1.29 is 9.18 Å². The lowest BCUT2D eigenvalue weighted by atomic mass is 10.1. The second-order valence-electron chi connectivity index (χ2n) is 4.16. The third kappa shape index (κ3) is 4.13. The molecule has 0 aliphatic rings. The highest BCUT2D eigenvalue weighted by atomic mass is 127. The Labute approximate surface area is 135 Å². The van der Waals surface area contributed by atoms with Crippen molar-refractivity contribution in [3.63, 3.8) is 0 Å². The van der Waals surface area contributed by atoms with Gasteiger partial charge in [-0.15, -0.1) is 0 Å². The van der Waals surface area contributed by atoms with Crippen molar-refractivity contribution in [1.82, 2.24) is 0 Å². The van der Waals surface area contributed by atoms with Crippen LogP contribution in [0.4, 0.5) is 10.1 Å². The second-order valence-corrected chi connectivity index (χ2v) is 5.32. The number of para-hydroxylation sites is 1. The molecule has 0 fully saturated rings. The lowest BCUT2D eigenvalue weighted by Gasteiger charge is -2.06. The average molecular weight is 392 g/mol. The minimum absolute atomic E-state index is 0.0405. The predicted molar refractivity (Wildman–Crippen MR) is 87.8 cm³/mol. The van der Waals surface area contributed by atoms with Crippen molar-refractivity contribution in [3.8, 4) is 6.07 Å². The lowest BCUT2D eigenvalue weighted by Crippen LogP contribution is -2.14. The summed E-state index contributed by atoms with van der Waals surface area (Å²) in [6.07, 6.45) is 1.42. The van der Waals surface area contributed by atoms with E-state index in [1.54, 1.807) is 12.1 Å². The molecule has 5 heteroatoms. The smallest absolute Gasteiger partial charge is 0.266 e. The fourth-order valence-electron chi connectivity index (χ4n) is 1.63. The van der Waals surface area contributed by atoms with Crippen LogP contribution in [-0.2, 0) is 4.79 Å². The van der Waals surface area contributed by atoms with E-state index in [0.717, 1.165) is 3.57 Å². The Morgan fingerprint density at radius 2 is 1.86 bits per heavy atom. The monoisotopic (exact) mass is 392 g/mol. The van der Waals surface area contributed by atoms with Gasteiger partial charge < -0.3 is 5.32 Å². The van der Waals surface area contributed by atoms with Gasteiger partial charge in [-0.3, -0.25) is 4.79 Å². The number of hydrogen-bond donors (Lipinski definition) is 1. The standard InChI is InChI=1S/C16H10FIN2O/c17-13-7-5-11(6-8-13)9-12(10-19)16(21)20-15-4-2-1-3-14(15)18/h1-9H,(H,20,21). The number of nitriles is 1. The van der Waals surface area contributed by atoms with Gasteiger partial charge in [0, 0.05) is 3.57 Å². The first-order valence-electron chi connectivity index (χ1n) is 6.03. The molecule has 0 unspecified atom stereocenters. The minimum atomic E-state index is -0.494. The molecule has 0 saturated carbocycles. The summed E-state index contributed by atoms with van der Waals surface area (Å²) in [4.78, 5) is 12.1. The first-order valence-corrected chi connectivity index (χ1v) is 7.11. The number of amides is 1. The molecule has 0 radical (unpaired) electrons. The molecule has 0 aliphatic heterocycles. The van der Waals surface area contributed by atoms with Crippen LogP contribution < -0.4 is 5.32 Å². The van der Waals surface area contributed by atoms with Crippen LogP contribution >= 0.6 is 22.6 Å². The maximum absolute atomic E-state index is 12.8. The Bertz CT molecular complexity index is 733. The fourth-order valence-corrected chi connectivity index (χ4v) is 2.15. The molecule has 2 rings (SSSR count). The highest BCUT2D eigenvalue weighted by molar-refractivity contribution is 14.1. The van der Waals surface area contributed by atoms with Crippen LogP contribution in [0.3, 0.4) is 0 Å². The fraction of sp³-hybridized carbons (Fsp3) is 0. The molecule has 0 spiro atoms. The summed E-state index contributed by atoms with van der Waals surface area (Å²) in [5.74, 6) is -0.861. The molecule has 0 heterocycles. The predicted octanol–water partition coefficient (Wildman–Crippen LogP) is 3.98. The van der Waals surface area contributed by atoms with Crippen molar-refractivity contribution in [3.05, 3.63) is 69.1 Å². The van der Waals surface area contributed by atoms with Crippen LogP contribution in [-0.4, -0.2) is 5.91 Å². The van der Waals surface area contributed by atoms with Gasteiger partial charge in [0.05, 0.1) is 5.69 Å². The van der Waals surface area contributed by atoms with Crippen LogP contribution in [0.25, 0.3) is 6.08 Å². The number of anilines is 1. The van der Waals surface area contributed by atoms with Gasteiger partial charge in [0.25, 0.3) is 5.91 Å². The van der Waals surface area contributed by atoms with E-state index < -0.39 is 5.91 Å². The lowest BCUT2D eigenvalue weighted by molar-refractivity contribution is -0.112. The SMILES string of the molecule is N#CC(=Cc1ccc(F)cc1)C(=O)Nc1ccccc1I. The van der Waals surface area contributed by atoms with Crippen molar-refractivity contribution in [1.29, 1.82) is 5.26 Å².